The minimum Gasteiger partial charge on any atom is -0.303 e. The van der Waals surface area contributed by atoms with E-state index in [-0.39, 0.29) is 0 Å². The van der Waals surface area contributed by atoms with Crippen molar-refractivity contribution in [3.63, 3.8) is 0 Å². The zero-order chi connectivity index (χ0) is 21.2. The van der Waals surface area contributed by atoms with E-state index in [1.54, 1.807) is 0 Å². The summed E-state index contributed by atoms with van der Waals surface area (Å²) in [4.78, 5) is 2.37. The molecular formula is C27H35F2N. The van der Waals surface area contributed by atoms with Crippen LogP contribution in [0.25, 0.3) is 0 Å². The highest BCUT2D eigenvalue weighted by Crippen LogP contribution is 2.51. The van der Waals surface area contributed by atoms with Crippen molar-refractivity contribution in [3.8, 4) is 0 Å². The van der Waals surface area contributed by atoms with Gasteiger partial charge in [0.2, 0.25) is 0 Å². The summed E-state index contributed by atoms with van der Waals surface area (Å²) in [7, 11) is 2.16. The monoisotopic (exact) mass is 411 g/mol. The molecular weight excluding hydrogens is 376 g/mol. The number of likely N-dealkylation sites (N-methyl/N-ethyl adjacent to an activating group) is 1. The molecule has 0 saturated heterocycles. The van der Waals surface area contributed by atoms with Gasteiger partial charge in [-0.15, -0.1) is 0 Å². The molecule has 0 aromatic heterocycles. The van der Waals surface area contributed by atoms with Gasteiger partial charge in [0.05, 0.1) is 0 Å². The molecule has 2 fully saturated rings. The van der Waals surface area contributed by atoms with Crippen LogP contribution >= 0.6 is 0 Å². The first kappa shape index (κ1) is 21.5. The third kappa shape index (κ3) is 4.32. The third-order valence-electron chi connectivity index (χ3n) is 7.59. The van der Waals surface area contributed by atoms with Gasteiger partial charge < -0.3 is 4.90 Å². The number of hydrogen-bond acceptors (Lipinski definition) is 1. The summed E-state index contributed by atoms with van der Waals surface area (Å²) in [6.45, 7) is 3.22. The van der Waals surface area contributed by atoms with Gasteiger partial charge in [-0.2, -0.15) is 0 Å². The lowest BCUT2D eigenvalue weighted by molar-refractivity contribution is 0.0512. The molecule has 0 bridgehead atoms. The van der Waals surface area contributed by atoms with E-state index >= 15 is 8.78 Å². The van der Waals surface area contributed by atoms with Crippen molar-refractivity contribution < 1.29 is 8.78 Å². The Balaban J connectivity index is 1.46. The van der Waals surface area contributed by atoms with E-state index in [4.69, 9.17) is 0 Å². The molecule has 2 aromatic carbocycles. The maximum atomic E-state index is 15.4. The Morgan fingerprint density at radius 3 is 1.90 bits per heavy atom. The fraction of sp³-hybridized carbons (Fsp3) is 0.556. The highest BCUT2D eigenvalue weighted by Gasteiger charge is 2.45. The standard InChI is InChI=1S/C27H35F2N/c1-21(30(2)20-15-22-9-4-3-5-10-22)13-14-23-24(26(28)16-7-17-26)11-6-12-25(23)27(29)18-8-19-27/h3-6,9-12,21H,7-8,13-20H2,1-2H3. The average molecular weight is 412 g/mol. The van der Waals surface area contributed by atoms with E-state index in [1.807, 2.05) is 24.3 Å². The SMILES string of the molecule is CC(CCc1c(C2(F)CCC2)cccc1C1(F)CCC1)N(C)CCc1ccccc1. The Hall–Kier alpha value is -1.74. The van der Waals surface area contributed by atoms with E-state index in [9.17, 15) is 0 Å². The van der Waals surface area contributed by atoms with Gasteiger partial charge in [0, 0.05) is 12.6 Å². The molecule has 1 atom stereocenters. The quantitative estimate of drug-likeness (QED) is 0.435. The van der Waals surface area contributed by atoms with Crippen LogP contribution in [0.5, 0.6) is 0 Å². The van der Waals surface area contributed by atoms with Crippen molar-refractivity contribution in [2.75, 3.05) is 13.6 Å². The lowest BCUT2D eigenvalue weighted by Gasteiger charge is -2.40. The minimum atomic E-state index is -1.24. The first-order chi connectivity index (χ1) is 14.4. The Kier molecular flexibility index (Phi) is 6.29. The Morgan fingerprint density at radius 2 is 1.40 bits per heavy atom. The van der Waals surface area contributed by atoms with Crippen molar-refractivity contribution in [2.45, 2.75) is 82.1 Å². The zero-order valence-corrected chi connectivity index (χ0v) is 18.5. The molecule has 2 aliphatic carbocycles. The highest BCUT2D eigenvalue weighted by molar-refractivity contribution is 5.44. The zero-order valence-electron chi connectivity index (χ0n) is 18.5. The average Bonchev–Trinajstić information content (AvgIpc) is 2.72. The maximum absolute atomic E-state index is 15.4. The van der Waals surface area contributed by atoms with Crippen molar-refractivity contribution >= 4 is 0 Å². The topological polar surface area (TPSA) is 3.24 Å². The van der Waals surface area contributed by atoms with Crippen LogP contribution in [0, 0.1) is 0 Å². The van der Waals surface area contributed by atoms with Gasteiger partial charge in [-0.3, -0.25) is 0 Å². The summed E-state index contributed by atoms with van der Waals surface area (Å²) in [5.41, 5.74) is 1.37. The number of hydrogen-bond donors (Lipinski definition) is 0. The molecule has 4 rings (SSSR count). The van der Waals surface area contributed by atoms with Gasteiger partial charge in [-0.05, 0) is 94.0 Å². The van der Waals surface area contributed by atoms with Gasteiger partial charge >= 0.3 is 0 Å². The lowest BCUT2D eigenvalue weighted by atomic mass is 9.69. The van der Waals surface area contributed by atoms with Crippen LogP contribution in [-0.4, -0.2) is 24.5 Å². The molecule has 0 amide bonds. The van der Waals surface area contributed by atoms with Crippen molar-refractivity contribution in [2.24, 2.45) is 0 Å². The summed E-state index contributed by atoms with van der Waals surface area (Å²) in [6.07, 6.45) is 6.86. The number of rotatable bonds is 9. The fourth-order valence-electron chi connectivity index (χ4n) is 4.95. The van der Waals surface area contributed by atoms with Gasteiger partial charge in [0.1, 0.15) is 11.3 Å². The Bertz CT molecular complexity index is 801. The first-order valence-electron chi connectivity index (χ1n) is 11.7. The van der Waals surface area contributed by atoms with E-state index < -0.39 is 11.3 Å². The second kappa shape index (κ2) is 8.78. The second-order valence-electron chi connectivity index (χ2n) is 9.57. The summed E-state index contributed by atoms with van der Waals surface area (Å²) in [6, 6.07) is 16.6. The van der Waals surface area contributed by atoms with Gasteiger partial charge in [-0.25, -0.2) is 8.78 Å². The number of halogens is 2. The fourth-order valence-corrected chi connectivity index (χ4v) is 4.95. The molecule has 2 saturated carbocycles. The van der Waals surface area contributed by atoms with Crippen molar-refractivity contribution in [1.29, 1.82) is 0 Å². The minimum absolute atomic E-state index is 0.364. The molecule has 0 spiro atoms. The molecule has 2 aliphatic rings. The molecule has 0 heterocycles. The van der Waals surface area contributed by atoms with Crippen LogP contribution in [0.1, 0.15) is 74.1 Å². The first-order valence-corrected chi connectivity index (χ1v) is 11.7. The van der Waals surface area contributed by atoms with Crippen LogP contribution < -0.4 is 0 Å². The van der Waals surface area contributed by atoms with E-state index in [1.165, 1.54) is 5.56 Å². The van der Waals surface area contributed by atoms with Crippen molar-refractivity contribution in [3.05, 3.63) is 70.8 Å². The molecule has 1 unspecified atom stereocenters. The Labute approximate surface area is 180 Å². The highest BCUT2D eigenvalue weighted by atomic mass is 19.1. The molecule has 3 heteroatoms. The smallest absolute Gasteiger partial charge is 0.136 e. The van der Waals surface area contributed by atoms with Crippen LogP contribution in [0.3, 0.4) is 0 Å². The molecule has 162 valence electrons. The number of benzene rings is 2. The van der Waals surface area contributed by atoms with Gasteiger partial charge in [0.15, 0.2) is 0 Å². The van der Waals surface area contributed by atoms with Crippen LogP contribution in [0.15, 0.2) is 48.5 Å². The van der Waals surface area contributed by atoms with Gasteiger partial charge in [0.25, 0.3) is 0 Å². The molecule has 1 nitrogen and oxygen atoms in total. The normalized spacial score (nSPS) is 20.4. The van der Waals surface area contributed by atoms with Crippen molar-refractivity contribution in [1.82, 2.24) is 4.90 Å². The number of nitrogens with zero attached hydrogens (tertiary/aromatic N) is 1. The van der Waals surface area contributed by atoms with Crippen LogP contribution in [-0.2, 0) is 24.2 Å². The summed E-state index contributed by atoms with van der Waals surface area (Å²) >= 11 is 0. The molecule has 0 aliphatic heterocycles. The summed E-state index contributed by atoms with van der Waals surface area (Å²) in [5.74, 6) is 0. The molecule has 0 radical (unpaired) electrons. The molecule has 0 N–H and O–H groups in total. The largest absolute Gasteiger partial charge is 0.303 e. The molecule has 30 heavy (non-hydrogen) atoms. The maximum Gasteiger partial charge on any atom is 0.136 e. The van der Waals surface area contributed by atoms with Crippen LogP contribution in [0.4, 0.5) is 8.78 Å². The van der Waals surface area contributed by atoms with Crippen LogP contribution in [0.2, 0.25) is 0 Å². The third-order valence-corrected chi connectivity index (χ3v) is 7.59. The summed E-state index contributed by atoms with van der Waals surface area (Å²) in [5, 5.41) is 0. The summed E-state index contributed by atoms with van der Waals surface area (Å²) < 4.78 is 30.9. The van der Waals surface area contributed by atoms with E-state index in [0.717, 1.165) is 55.3 Å². The predicted molar refractivity (Wildman–Crippen MR) is 120 cm³/mol. The lowest BCUT2D eigenvalue weighted by Crippen LogP contribution is -2.35. The van der Waals surface area contributed by atoms with E-state index in [0.29, 0.717) is 31.7 Å². The predicted octanol–water partition coefficient (Wildman–Crippen LogP) is 6.88. The Morgan fingerprint density at radius 1 is 0.833 bits per heavy atom. The molecule has 2 aromatic rings. The number of alkyl halides is 2. The second-order valence-corrected chi connectivity index (χ2v) is 9.57. The van der Waals surface area contributed by atoms with E-state index in [2.05, 4.69) is 43.1 Å². The van der Waals surface area contributed by atoms with Gasteiger partial charge in [-0.1, -0.05) is 48.5 Å².